The minimum Gasteiger partial charge on any atom is -0.457 e. The Morgan fingerprint density at radius 3 is 1.58 bits per heavy atom. The molecule has 36 heavy (non-hydrogen) atoms. The van der Waals surface area contributed by atoms with Gasteiger partial charge in [-0.1, -0.05) is 30.3 Å². The van der Waals surface area contributed by atoms with Crippen molar-refractivity contribution in [1.82, 2.24) is 5.32 Å². The lowest BCUT2D eigenvalue weighted by molar-refractivity contribution is -0.139. The Hall–Kier alpha value is -2.57. The highest BCUT2D eigenvalue weighted by Gasteiger charge is 2.17. The predicted molar refractivity (Wildman–Crippen MR) is 130 cm³/mol. The zero-order valence-electron chi connectivity index (χ0n) is 21.5. The second kappa shape index (κ2) is 19.6. The summed E-state index contributed by atoms with van der Waals surface area (Å²) in [6.45, 7) is 9.59. The predicted octanol–water partition coefficient (Wildman–Crippen LogP) is 2.02. The number of ether oxygens (including phenoxy) is 7. The molecule has 204 valence electrons. The Balaban J connectivity index is 1.78. The van der Waals surface area contributed by atoms with Crippen LogP contribution in [0.15, 0.2) is 30.3 Å². The lowest BCUT2D eigenvalue weighted by atomic mass is 10.1. The van der Waals surface area contributed by atoms with Crippen molar-refractivity contribution in [2.45, 2.75) is 26.4 Å². The van der Waals surface area contributed by atoms with Gasteiger partial charge in [0.1, 0.15) is 12.2 Å². The molecule has 1 amide bonds. The highest BCUT2D eigenvalue weighted by molar-refractivity contribution is 6.40. The number of carbonyl (C=O) groups excluding carboxylic acids is 3. The molecule has 0 heterocycles. The molecule has 0 saturated heterocycles. The molecule has 0 aliphatic rings. The van der Waals surface area contributed by atoms with E-state index in [2.05, 4.69) is 5.32 Å². The molecule has 0 aliphatic heterocycles. The lowest BCUT2D eigenvalue weighted by Crippen LogP contribution is -2.34. The number of carbonyl (C=O) groups is 3. The summed E-state index contributed by atoms with van der Waals surface area (Å²) in [5.74, 6) is -1.58. The standard InChI is InChI=1S/C25H39NO10/c1-25(2,3)36-24(29)26-9-10-30-11-12-31-13-14-32-15-16-33-17-18-34-19-20-35-23(28)22(27)21-7-5-4-6-8-21/h4-8H,9-20H2,1-3H3,(H,26,29). The van der Waals surface area contributed by atoms with Crippen LogP contribution >= 0.6 is 0 Å². The van der Waals surface area contributed by atoms with Crippen LogP contribution in [0.1, 0.15) is 31.1 Å². The largest absolute Gasteiger partial charge is 0.457 e. The molecule has 0 saturated carbocycles. The van der Waals surface area contributed by atoms with Crippen LogP contribution in [0, 0.1) is 0 Å². The zero-order chi connectivity index (χ0) is 26.5. The Morgan fingerprint density at radius 1 is 0.667 bits per heavy atom. The monoisotopic (exact) mass is 513 g/mol. The molecule has 1 aromatic rings. The molecular formula is C25H39NO10. The molecule has 0 bridgehead atoms. The number of nitrogens with one attached hydrogen (secondary N) is 1. The third-order valence-electron chi connectivity index (χ3n) is 4.08. The van der Waals surface area contributed by atoms with Gasteiger partial charge in [0, 0.05) is 12.1 Å². The third-order valence-corrected chi connectivity index (χ3v) is 4.08. The Labute approximate surface area is 212 Å². The van der Waals surface area contributed by atoms with Gasteiger partial charge in [-0.3, -0.25) is 4.79 Å². The van der Waals surface area contributed by atoms with Gasteiger partial charge in [0.05, 0.1) is 66.1 Å². The van der Waals surface area contributed by atoms with E-state index in [1.165, 1.54) is 0 Å². The Bertz CT molecular complexity index is 736. The van der Waals surface area contributed by atoms with Crippen molar-refractivity contribution in [3.63, 3.8) is 0 Å². The van der Waals surface area contributed by atoms with Crippen molar-refractivity contribution in [3.8, 4) is 0 Å². The summed E-state index contributed by atoms with van der Waals surface area (Å²) in [5, 5.41) is 2.61. The van der Waals surface area contributed by atoms with Crippen LogP contribution in [-0.2, 0) is 38.0 Å². The van der Waals surface area contributed by atoms with Gasteiger partial charge in [0.2, 0.25) is 0 Å². The molecule has 0 aliphatic carbocycles. The number of esters is 1. The molecule has 0 aromatic heterocycles. The summed E-state index contributed by atoms with van der Waals surface area (Å²) in [7, 11) is 0. The van der Waals surface area contributed by atoms with E-state index in [0.717, 1.165) is 0 Å². The van der Waals surface area contributed by atoms with E-state index in [-0.39, 0.29) is 13.2 Å². The molecule has 0 atom stereocenters. The van der Waals surface area contributed by atoms with Crippen LogP contribution < -0.4 is 5.32 Å². The first-order chi connectivity index (χ1) is 17.3. The lowest BCUT2D eigenvalue weighted by Gasteiger charge is -2.19. The van der Waals surface area contributed by atoms with Crippen LogP contribution in [0.2, 0.25) is 0 Å². The van der Waals surface area contributed by atoms with Crippen LogP contribution in [0.5, 0.6) is 0 Å². The first-order valence-corrected chi connectivity index (χ1v) is 11.9. The van der Waals surface area contributed by atoms with E-state index >= 15 is 0 Å². The van der Waals surface area contributed by atoms with Gasteiger partial charge in [-0.05, 0) is 20.8 Å². The fourth-order valence-electron chi connectivity index (χ4n) is 2.49. The number of Topliss-reactive ketones (excluding diaryl/α,β-unsaturated/α-hetero) is 1. The number of benzene rings is 1. The summed E-state index contributed by atoms with van der Waals surface area (Å²) in [5.41, 5.74) is -0.227. The highest BCUT2D eigenvalue weighted by Crippen LogP contribution is 2.06. The zero-order valence-corrected chi connectivity index (χ0v) is 21.5. The van der Waals surface area contributed by atoms with Crippen molar-refractivity contribution in [1.29, 1.82) is 0 Å². The van der Waals surface area contributed by atoms with E-state index < -0.39 is 23.4 Å². The molecule has 11 heteroatoms. The van der Waals surface area contributed by atoms with Gasteiger partial charge in [0.15, 0.2) is 0 Å². The van der Waals surface area contributed by atoms with Crippen molar-refractivity contribution in [2.24, 2.45) is 0 Å². The molecule has 1 aromatic carbocycles. The first kappa shape index (κ1) is 31.5. The van der Waals surface area contributed by atoms with Gasteiger partial charge in [-0.25, -0.2) is 9.59 Å². The maximum Gasteiger partial charge on any atom is 0.407 e. The number of rotatable bonds is 20. The molecule has 0 unspecified atom stereocenters. The molecule has 11 nitrogen and oxygen atoms in total. The summed E-state index contributed by atoms with van der Waals surface area (Å²) in [6, 6.07) is 8.23. The summed E-state index contributed by atoms with van der Waals surface area (Å²) >= 11 is 0. The van der Waals surface area contributed by atoms with E-state index in [9.17, 15) is 14.4 Å². The van der Waals surface area contributed by atoms with E-state index in [0.29, 0.717) is 71.6 Å². The topological polar surface area (TPSA) is 128 Å². The summed E-state index contributed by atoms with van der Waals surface area (Å²) < 4.78 is 36.8. The summed E-state index contributed by atoms with van der Waals surface area (Å²) in [6.07, 6.45) is -0.466. The van der Waals surface area contributed by atoms with Crippen molar-refractivity contribution in [2.75, 3.05) is 79.2 Å². The third kappa shape index (κ3) is 17.8. The maximum absolute atomic E-state index is 11.8. The normalized spacial score (nSPS) is 11.2. The second-order valence-corrected chi connectivity index (χ2v) is 8.32. The second-order valence-electron chi connectivity index (χ2n) is 8.32. The van der Waals surface area contributed by atoms with Gasteiger partial charge < -0.3 is 38.5 Å². The van der Waals surface area contributed by atoms with Gasteiger partial charge in [-0.15, -0.1) is 0 Å². The van der Waals surface area contributed by atoms with Crippen LogP contribution in [0.3, 0.4) is 0 Å². The van der Waals surface area contributed by atoms with Gasteiger partial charge >= 0.3 is 12.1 Å². The average Bonchev–Trinajstić information content (AvgIpc) is 2.84. The molecule has 1 rings (SSSR count). The molecule has 0 radical (unpaired) electrons. The number of hydrogen-bond acceptors (Lipinski definition) is 10. The molecule has 1 N–H and O–H groups in total. The van der Waals surface area contributed by atoms with Gasteiger partial charge in [-0.2, -0.15) is 0 Å². The number of alkyl carbamates (subject to hydrolysis) is 1. The SMILES string of the molecule is CC(C)(C)OC(=O)NCCOCCOCCOCCOCCOCCOC(=O)C(=O)c1ccccc1. The highest BCUT2D eigenvalue weighted by atomic mass is 16.6. The van der Waals surface area contributed by atoms with E-state index in [1.807, 2.05) is 0 Å². The van der Waals surface area contributed by atoms with Crippen molar-refractivity contribution in [3.05, 3.63) is 35.9 Å². The fourth-order valence-corrected chi connectivity index (χ4v) is 2.49. The minimum absolute atomic E-state index is 0.00543. The number of ketones is 1. The van der Waals surface area contributed by atoms with Crippen LogP contribution in [-0.4, -0.2) is 103 Å². The molecule has 0 fully saturated rings. The quantitative estimate of drug-likeness (QED) is 0.120. The van der Waals surface area contributed by atoms with E-state index in [1.54, 1.807) is 51.1 Å². The average molecular weight is 514 g/mol. The van der Waals surface area contributed by atoms with Gasteiger partial charge in [0.25, 0.3) is 5.78 Å². The van der Waals surface area contributed by atoms with Crippen molar-refractivity contribution >= 4 is 17.8 Å². The summed E-state index contributed by atoms with van der Waals surface area (Å²) in [4.78, 5) is 34.9. The Kier molecular flexibility index (Phi) is 17.1. The fraction of sp³-hybridized carbons (Fsp3) is 0.640. The minimum atomic E-state index is -0.901. The molecule has 0 spiro atoms. The first-order valence-electron chi connectivity index (χ1n) is 11.9. The molecular weight excluding hydrogens is 474 g/mol. The number of amides is 1. The van der Waals surface area contributed by atoms with E-state index in [4.69, 9.17) is 33.2 Å². The van der Waals surface area contributed by atoms with Crippen molar-refractivity contribution < 1.29 is 47.5 Å². The van der Waals surface area contributed by atoms with Crippen LogP contribution in [0.4, 0.5) is 4.79 Å². The maximum atomic E-state index is 11.8. The van der Waals surface area contributed by atoms with Crippen LogP contribution in [0.25, 0.3) is 0 Å². The smallest absolute Gasteiger partial charge is 0.407 e. The Morgan fingerprint density at radius 2 is 1.11 bits per heavy atom. The number of hydrogen-bond donors (Lipinski definition) is 1.